The van der Waals surface area contributed by atoms with Gasteiger partial charge in [0, 0.05) is 12.0 Å². The number of carboxylic acids is 2. The molecule has 7 heteroatoms. The zero-order valence-electron chi connectivity index (χ0n) is 15.4. The Morgan fingerprint density at radius 3 is 1.68 bits per heavy atom. The molecule has 0 bridgehead atoms. The van der Waals surface area contributed by atoms with E-state index in [1.807, 2.05) is 13.8 Å². The number of hydrogen-bond donors (Lipinski definition) is 2. The summed E-state index contributed by atoms with van der Waals surface area (Å²) >= 11 is 0. The van der Waals surface area contributed by atoms with Gasteiger partial charge in [0.05, 0.1) is 5.56 Å². The second kappa shape index (κ2) is 8.94. The smallest absolute Gasteiger partial charge is 0.345 e. The van der Waals surface area contributed by atoms with E-state index in [0.717, 1.165) is 11.1 Å². The molecule has 7 nitrogen and oxygen atoms in total. The average Bonchev–Trinajstić information content (AvgIpc) is 2.64. The van der Waals surface area contributed by atoms with Gasteiger partial charge in [-0.25, -0.2) is 9.59 Å². The molecule has 0 radical (unpaired) electrons. The van der Waals surface area contributed by atoms with Crippen molar-refractivity contribution in [1.82, 2.24) is 0 Å². The predicted molar refractivity (Wildman–Crippen MR) is 99.3 cm³/mol. The molecule has 2 aromatic carbocycles. The highest BCUT2D eigenvalue weighted by molar-refractivity contribution is 5.99. The number of carboxylic acid groups (broad SMARTS) is 2. The van der Waals surface area contributed by atoms with Gasteiger partial charge in [-0.1, -0.05) is 47.5 Å². The molecule has 0 heterocycles. The number of carbonyl (C=O) groups excluding carboxylic acids is 2. The van der Waals surface area contributed by atoms with E-state index >= 15 is 0 Å². The Hall–Kier alpha value is -3.48. The fraction of sp³-hybridized carbons (Fsp3) is 0.238. The molecule has 146 valence electrons. The van der Waals surface area contributed by atoms with Crippen molar-refractivity contribution in [2.75, 3.05) is 0 Å². The van der Waals surface area contributed by atoms with E-state index in [9.17, 15) is 29.4 Å². The molecule has 2 rings (SSSR count). The topological polar surface area (TPSA) is 118 Å². The van der Waals surface area contributed by atoms with Crippen LogP contribution in [0.25, 0.3) is 0 Å². The molecule has 2 aromatic rings. The van der Waals surface area contributed by atoms with E-state index < -0.39 is 42.1 Å². The van der Waals surface area contributed by atoms with E-state index in [0.29, 0.717) is 0 Å². The van der Waals surface area contributed by atoms with Gasteiger partial charge in [-0.15, -0.1) is 0 Å². The molecule has 0 spiro atoms. The summed E-state index contributed by atoms with van der Waals surface area (Å²) in [5.41, 5.74) is 2.15. The molecule has 0 amide bonds. The van der Waals surface area contributed by atoms with Crippen LogP contribution in [0.1, 0.15) is 38.3 Å². The Morgan fingerprint density at radius 1 is 0.786 bits per heavy atom. The second-order valence-electron chi connectivity index (χ2n) is 6.47. The lowest BCUT2D eigenvalue weighted by atomic mass is 9.93. The van der Waals surface area contributed by atoms with Crippen LogP contribution in [0, 0.1) is 19.8 Å². The third-order valence-corrected chi connectivity index (χ3v) is 4.23. The lowest BCUT2D eigenvalue weighted by Crippen LogP contribution is -2.40. The number of ketones is 1. The highest BCUT2D eigenvalue weighted by Crippen LogP contribution is 2.19. The van der Waals surface area contributed by atoms with Crippen LogP contribution in [0.3, 0.4) is 0 Å². The van der Waals surface area contributed by atoms with Gasteiger partial charge in [0.1, 0.15) is 5.92 Å². The van der Waals surface area contributed by atoms with Crippen LogP contribution in [0.2, 0.25) is 0 Å². The molecular weight excluding hydrogens is 364 g/mol. The van der Waals surface area contributed by atoms with Crippen molar-refractivity contribution in [2.24, 2.45) is 5.92 Å². The largest absolute Gasteiger partial charge is 0.481 e. The molecule has 2 atom stereocenters. The SMILES string of the molecule is Cc1ccc(C(=O)C[C@H](C(=O)O)[C@H](OC(=O)c2ccc(C)cc2)C(=O)O)cc1. The van der Waals surface area contributed by atoms with Crippen molar-refractivity contribution in [3.05, 3.63) is 70.8 Å². The van der Waals surface area contributed by atoms with E-state index in [-0.39, 0.29) is 11.1 Å². The first-order chi connectivity index (χ1) is 13.2. The zero-order valence-corrected chi connectivity index (χ0v) is 15.4. The molecule has 28 heavy (non-hydrogen) atoms. The molecule has 0 fully saturated rings. The van der Waals surface area contributed by atoms with Crippen molar-refractivity contribution in [1.29, 1.82) is 0 Å². The molecule has 0 aliphatic rings. The van der Waals surface area contributed by atoms with Crippen LogP contribution >= 0.6 is 0 Å². The quantitative estimate of drug-likeness (QED) is 0.531. The number of benzene rings is 2. The van der Waals surface area contributed by atoms with E-state index in [1.165, 1.54) is 24.3 Å². The normalized spacial score (nSPS) is 12.6. The summed E-state index contributed by atoms with van der Waals surface area (Å²) < 4.78 is 4.95. The Morgan fingerprint density at radius 2 is 1.25 bits per heavy atom. The van der Waals surface area contributed by atoms with Crippen LogP contribution < -0.4 is 0 Å². The summed E-state index contributed by atoms with van der Waals surface area (Å²) in [6.45, 7) is 3.64. The van der Waals surface area contributed by atoms with Gasteiger partial charge in [0.25, 0.3) is 0 Å². The molecule has 0 aliphatic carbocycles. The number of aryl methyl sites for hydroxylation is 2. The van der Waals surface area contributed by atoms with Gasteiger partial charge in [-0.3, -0.25) is 9.59 Å². The second-order valence-corrected chi connectivity index (χ2v) is 6.47. The Bertz CT molecular complexity index is 806. The maximum absolute atomic E-state index is 12.4. The summed E-state index contributed by atoms with van der Waals surface area (Å²) in [5, 5.41) is 18.8. The first kappa shape index (κ1) is 20.8. The van der Waals surface area contributed by atoms with E-state index in [2.05, 4.69) is 0 Å². The van der Waals surface area contributed by atoms with Gasteiger partial charge in [-0.2, -0.15) is 0 Å². The van der Waals surface area contributed by atoms with Crippen LogP contribution in [-0.4, -0.2) is 40.0 Å². The summed E-state index contributed by atoms with van der Waals surface area (Å²) in [6, 6.07) is 12.6. The Balaban J connectivity index is 2.21. The molecule has 0 saturated carbocycles. The minimum absolute atomic E-state index is 0.0887. The molecule has 0 saturated heterocycles. The van der Waals surface area contributed by atoms with Crippen molar-refractivity contribution < 1.29 is 34.1 Å². The molecule has 0 aromatic heterocycles. The molecular formula is C21H20O7. The predicted octanol–water partition coefficient (Wildman–Crippen LogP) is 2.89. The number of esters is 1. The van der Waals surface area contributed by atoms with Gasteiger partial charge in [-0.05, 0) is 26.0 Å². The van der Waals surface area contributed by atoms with E-state index in [1.54, 1.807) is 24.3 Å². The van der Waals surface area contributed by atoms with Crippen molar-refractivity contribution in [2.45, 2.75) is 26.4 Å². The van der Waals surface area contributed by atoms with Gasteiger partial charge >= 0.3 is 17.9 Å². The number of Topliss-reactive ketones (excluding diaryl/α,β-unsaturated/α-hetero) is 1. The number of hydrogen-bond acceptors (Lipinski definition) is 5. The molecule has 0 aliphatic heterocycles. The third kappa shape index (κ3) is 5.26. The van der Waals surface area contributed by atoms with Gasteiger partial charge < -0.3 is 14.9 Å². The average molecular weight is 384 g/mol. The highest BCUT2D eigenvalue weighted by Gasteiger charge is 2.39. The standard InChI is InChI=1S/C21H20O7/c1-12-3-7-14(8-4-12)17(22)11-16(19(23)24)18(20(25)26)28-21(27)15-9-5-13(2)6-10-15/h3-10,16,18H,11H2,1-2H3,(H,23,24)(H,25,26)/t16-,18-/m0/s1. The van der Waals surface area contributed by atoms with Crippen LogP contribution in [-0.2, 0) is 14.3 Å². The zero-order chi connectivity index (χ0) is 20.8. The Labute approximate surface area is 161 Å². The fourth-order valence-corrected chi connectivity index (χ4v) is 2.56. The first-order valence-electron chi connectivity index (χ1n) is 8.52. The molecule has 2 N–H and O–H groups in total. The summed E-state index contributed by atoms with van der Waals surface area (Å²) in [6.07, 6.45) is -2.61. The van der Waals surface area contributed by atoms with Crippen molar-refractivity contribution >= 4 is 23.7 Å². The maximum Gasteiger partial charge on any atom is 0.345 e. The summed E-state index contributed by atoms with van der Waals surface area (Å²) in [7, 11) is 0. The van der Waals surface area contributed by atoms with Crippen molar-refractivity contribution in [3.8, 4) is 0 Å². The van der Waals surface area contributed by atoms with E-state index in [4.69, 9.17) is 4.74 Å². The number of aliphatic carboxylic acids is 2. The first-order valence-corrected chi connectivity index (χ1v) is 8.52. The summed E-state index contributed by atoms with van der Waals surface area (Å²) in [5.74, 6) is -6.42. The van der Waals surface area contributed by atoms with Crippen molar-refractivity contribution in [3.63, 3.8) is 0 Å². The number of rotatable bonds is 8. The molecule has 0 unspecified atom stereocenters. The minimum Gasteiger partial charge on any atom is -0.481 e. The van der Waals surface area contributed by atoms with Crippen LogP contribution in [0.4, 0.5) is 0 Å². The minimum atomic E-state index is -2.00. The number of carbonyl (C=O) groups is 4. The fourth-order valence-electron chi connectivity index (χ4n) is 2.56. The summed E-state index contributed by atoms with van der Waals surface area (Å²) in [4.78, 5) is 47.8. The monoisotopic (exact) mass is 384 g/mol. The number of ether oxygens (including phenoxy) is 1. The highest BCUT2D eigenvalue weighted by atomic mass is 16.6. The van der Waals surface area contributed by atoms with Gasteiger partial charge in [0.2, 0.25) is 6.10 Å². The maximum atomic E-state index is 12.4. The van der Waals surface area contributed by atoms with Crippen LogP contribution in [0.15, 0.2) is 48.5 Å². The van der Waals surface area contributed by atoms with Crippen LogP contribution in [0.5, 0.6) is 0 Å². The lowest BCUT2D eigenvalue weighted by molar-refractivity contribution is -0.159. The lowest BCUT2D eigenvalue weighted by Gasteiger charge is -2.20. The third-order valence-electron chi connectivity index (χ3n) is 4.23. The van der Waals surface area contributed by atoms with Gasteiger partial charge in [0.15, 0.2) is 5.78 Å². The Kier molecular flexibility index (Phi) is 6.65.